The minimum atomic E-state index is -0.800. The lowest BCUT2D eigenvalue weighted by molar-refractivity contribution is -0.135. The smallest absolute Gasteiger partial charge is 0.263 e. The molecule has 6 nitrogen and oxygen atoms in total. The number of nitrogens with zero attached hydrogens (tertiary/aromatic N) is 2. The molecule has 104 valence electrons. The van der Waals surface area contributed by atoms with Gasteiger partial charge in [0.2, 0.25) is 5.91 Å². The third-order valence-corrected chi connectivity index (χ3v) is 4.35. The van der Waals surface area contributed by atoms with Crippen molar-refractivity contribution in [2.45, 2.75) is 32.2 Å². The Morgan fingerprint density at radius 2 is 2.00 bits per heavy atom. The molecule has 1 spiro atoms. The monoisotopic (exact) mass is 264 g/mol. The largest absolute Gasteiger partial charge is 0.314 e. The molecular weight excluding hydrogens is 244 g/mol. The topological polar surface area (TPSA) is 73.8 Å². The van der Waals surface area contributed by atoms with Crippen molar-refractivity contribution in [3.8, 4) is 0 Å². The van der Waals surface area contributed by atoms with Crippen LogP contribution in [-0.4, -0.2) is 54.8 Å². The molecule has 1 atom stereocenters. The fourth-order valence-corrected chi connectivity index (χ4v) is 2.92. The van der Waals surface area contributed by atoms with Crippen LogP contribution in [0, 0.1) is 5.41 Å². The van der Waals surface area contributed by atoms with E-state index in [1.54, 1.807) is 0 Å². The van der Waals surface area contributed by atoms with Crippen LogP contribution in [0.15, 0.2) is 4.99 Å². The molecule has 0 bridgehead atoms. The van der Waals surface area contributed by atoms with Crippen LogP contribution in [0.3, 0.4) is 0 Å². The maximum Gasteiger partial charge on any atom is 0.263 e. The number of hydrogen-bond donors (Lipinski definition) is 2. The van der Waals surface area contributed by atoms with Gasteiger partial charge in [0.25, 0.3) is 5.91 Å². The summed E-state index contributed by atoms with van der Waals surface area (Å²) in [4.78, 5) is 30.5. The van der Waals surface area contributed by atoms with E-state index in [-0.39, 0.29) is 17.9 Å². The summed E-state index contributed by atoms with van der Waals surface area (Å²) in [6.07, 6.45) is 2.15. The number of nitrogens with one attached hydrogen (secondary N) is 2. The van der Waals surface area contributed by atoms with Gasteiger partial charge in [0.05, 0.1) is 6.04 Å². The average molecular weight is 264 g/mol. The summed E-state index contributed by atoms with van der Waals surface area (Å²) in [5.74, 6) is 0.174. The van der Waals surface area contributed by atoms with Crippen molar-refractivity contribution in [2.24, 2.45) is 10.4 Å². The fourth-order valence-electron chi connectivity index (χ4n) is 2.92. The van der Waals surface area contributed by atoms with Crippen LogP contribution in [0.1, 0.15) is 26.2 Å². The molecule has 2 amide bonds. The highest BCUT2D eigenvalue weighted by atomic mass is 16.2. The number of hydrogen-bond acceptors (Lipinski definition) is 4. The summed E-state index contributed by atoms with van der Waals surface area (Å²) >= 11 is 0. The maximum absolute atomic E-state index is 12.1. The van der Waals surface area contributed by atoms with Crippen LogP contribution in [0.5, 0.6) is 0 Å². The zero-order valence-electron chi connectivity index (χ0n) is 11.2. The van der Waals surface area contributed by atoms with Crippen LogP contribution < -0.4 is 10.6 Å². The van der Waals surface area contributed by atoms with Gasteiger partial charge >= 0.3 is 0 Å². The second-order valence-corrected chi connectivity index (χ2v) is 5.55. The molecule has 1 saturated carbocycles. The molecule has 0 aromatic carbocycles. The van der Waals surface area contributed by atoms with Crippen molar-refractivity contribution in [2.75, 3.05) is 26.2 Å². The Hall–Kier alpha value is -1.27. The third kappa shape index (κ3) is 2.08. The molecule has 2 N–H and O–H groups in total. The predicted molar refractivity (Wildman–Crippen MR) is 70.8 cm³/mol. The van der Waals surface area contributed by atoms with E-state index in [1.165, 1.54) is 0 Å². The van der Waals surface area contributed by atoms with Crippen molar-refractivity contribution in [1.82, 2.24) is 15.5 Å². The first-order valence-electron chi connectivity index (χ1n) is 7.06. The van der Waals surface area contributed by atoms with E-state index in [4.69, 9.17) is 0 Å². The summed E-state index contributed by atoms with van der Waals surface area (Å²) in [6, 6.07) is 0.0473. The molecule has 2 fully saturated rings. The highest BCUT2D eigenvalue weighted by molar-refractivity contribution is 6.21. The molecule has 3 aliphatic rings. The number of piperazine rings is 1. The summed E-state index contributed by atoms with van der Waals surface area (Å²) in [6.45, 7) is 5.79. The van der Waals surface area contributed by atoms with Crippen LogP contribution in [0.2, 0.25) is 0 Å². The molecule has 0 radical (unpaired) electrons. The normalized spacial score (nSPS) is 27.9. The Morgan fingerprint density at radius 1 is 1.32 bits per heavy atom. The van der Waals surface area contributed by atoms with Gasteiger partial charge in [0.15, 0.2) is 0 Å². The zero-order valence-corrected chi connectivity index (χ0v) is 11.2. The van der Waals surface area contributed by atoms with Gasteiger partial charge in [0.1, 0.15) is 11.3 Å². The molecule has 1 aliphatic carbocycles. The Labute approximate surface area is 112 Å². The number of rotatable bonds is 3. The number of carbonyl (C=O) groups is 2. The van der Waals surface area contributed by atoms with Gasteiger partial charge in [-0.3, -0.25) is 14.5 Å². The molecule has 0 aromatic heterocycles. The second kappa shape index (κ2) is 4.68. The van der Waals surface area contributed by atoms with E-state index in [2.05, 4.69) is 27.4 Å². The molecule has 2 aliphatic heterocycles. The standard InChI is InChI=1S/C13H20N4O2/c1-2-9(17-7-5-14-6-8-17)10-15-11(18)13(3-4-13)12(19)16-10/h9,14H,2-8H2,1H3,(H,15,16,18,19). The lowest BCUT2D eigenvalue weighted by atomic mass is 10.0. The Balaban J connectivity index is 1.79. The molecule has 1 saturated heterocycles. The Bertz CT molecular complexity index is 436. The van der Waals surface area contributed by atoms with Gasteiger partial charge in [-0.2, -0.15) is 4.99 Å². The van der Waals surface area contributed by atoms with E-state index < -0.39 is 5.41 Å². The Morgan fingerprint density at radius 3 is 2.53 bits per heavy atom. The summed E-state index contributed by atoms with van der Waals surface area (Å²) in [7, 11) is 0. The fraction of sp³-hybridized carbons (Fsp3) is 0.769. The number of amidine groups is 1. The number of carbonyl (C=O) groups excluding carboxylic acids is 2. The van der Waals surface area contributed by atoms with Crippen molar-refractivity contribution >= 4 is 17.6 Å². The lowest BCUT2D eigenvalue weighted by Crippen LogP contribution is -2.57. The lowest BCUT2D eigenvalue weighted by Gasteiger charge is -2.36. The third-order valence-electron chi connectivity index (χ3n) is 4.35. The molecule has 3 rings (SSSR count). The van der Waals surface area contributed by atoms with Crippen LogP contribution in [-0.2, 0) is 9.59 Å². The predicted octanol–water partition coefficient (Wildman–Crippen LogP) is -0.495. The number of aliphatic imine (C=N–C) groups is 1. The first-order valence-corrected chi connectivity index (χ1v) is 7.06. The van der Waals surface area contributed by atoms with Crippen LogP contribution in [0.4, 0.5) is 0 Å². The SMILES string of the molecule is CCC(C1=NC(=O)C2(CC2)C(=O)N1)N1CCNCC1. The second-order valence-electron chi connectivity index (χ2n) is 5.55. The summed E-state index contributed by atoms with van der Waals surface area (Å²) < 4.78 is 0. The zero-order chi connectivity index (χ0) is 13.5. The van der Waals surface area contributed by atoms with Gasteiger partial charge in [-0.05, 0) is 19.3 Å². The van der Waals surface area contributed by atoms with Crippen LogP contribution in [0.25, 0.3) is 0 Å². The summed E-state index contributed by atoms with van der Waals surface area (Å²) in [5.41, 5.74) is -0.800. The first-order chi connectivity index (χ1) is 9.17. The minimum absolute atomic E-state index is 0.0473. The van der Waals surface area contributed by atoms with Crippen LogP contribution >= 0.6 is 0 Å². The first kappa shape index (κ1) is 12.7. The molecule has 6 heteroatoms. The average Bonchev–Trinajstić information content (AvgIpc) is 3.20. The van der Waals surface area contributed by atoms with Gasteiger partial charge in [-0.1, -0.05) is 6.92 Å². The van der Waals surface area contributed by atoms with E-state index >= 15 is 0 Å². The van der Waals surface area contributed by atoms with E-state index in [9.17, 15) is 9.59 Å². The van der Waals surface area contributed by atoms with E-state index in [0.717, 1.165) is 32.6 Å². The quantitative estimate of drug-likeness (QED) is 0.674. The van der Waals surface area contributed by atoms with Crippen molar-refractivity contribution in [3.05, 3.63) is 0 Å². The van der Waals surface area contributed by atoms with E-state index in [1.807, 2.05) is 0 Å². The van der Waals surface area contributed by atoms with Gasteiger partial charge in [-0.15, -0.1) is 0 Å². The van der Waals surface area contributed by atoms with Gasteiger partial charge in [-0.25, -0.2) is 0 Å². The van der Waals surface area contributed by atoms with Gasteiger partial charge < -0.3 is 10.6 Å². The molecule has 19 heavy (non-hydrogen) atoms. The molecule has 2 heterocycles. The van der Waals surface area contributed by atoms with Crippen molar-refractivity contribution in [3.63, 3.8) is 0 Å². The molecule has 1 unspecified atom stereocenters. The summed E-state index contributed by atoms with van der Waals surface area (Å²) in [5, 5.41) is 6.18. The Kier molecular flexibility index (Phi) is 3.14. The highest BCUT2D eigenvalue weighted by Gasteiger charge is 2.59. The minimum Gasteiger partial charge on any atom is -0.314 e. The van der Waals surface area contributed by atoms with Crippen molar-refractivity contribution in [1.29, 1.82) is 0 Å². The molecular formula is C13H20N4O2. The maximum atomic E-state index is 12.1. The molecule has 0 aromatic rings. The van der Waals surface area contributed by atoms with Crippen molar-refractivity contribution < 1.29 is 9.59 Å². The van der Waals surface area contributed by atoms with Gasteiger partial charge in [0, 0.05) is 26.2 Å². The highest BCUT2D eigenvalue weighted by Crippen LogP contribution is 2.48. The van der Waals surface area contributed by atoms with E-state index in [0.29, 0.717) is 18.7 Å². The number of amides is 2.